The van der Waals surface area contributed by atoms with Crippen LogP contribution in [-0.4, -0.2) is 29.4 Å². The summed E-state index contributed by atoms with van der Waals surface area (Å²) in [4.78, 5) is 14.7. The summed E-state index contributed by atoms with van der Waals surface area (Å²) in [5.41, 5.74) is 6.62. The van der Waals surface area contributed by atoms with Crippen molar-refractivity contribution < 1.29 is 0 Å². The summed E-state index contributed by atoms with van der Waals surface area (Å²) in [7, 11) is 0. The molecule has 1 aliphatic carbocycles. The van der Waals surface area contributed by atoms with Gasteiger partial charge >= 0.3 is 0 Å². The molecule has 0 aromatic carbocycles. The minimum atomic E-state index is 0.000323. The molecule has 1 atom stereocenters. The molecule has 1 unspecified atom stereocenters. The number of rotatable bonds is 5. The van der Waals surface area contributed by atoms with Crippen LogP contribution < -0.4 is 16.2 Å². The smallest absolute Gasteiger partial charge is 0.283 e. The number of nitrogens with zero attached hydrogens (tertiary/aromatic N) is 3. The highest BCUT2D eigenvalue weighted by atomic mass is 79.9. The van der Waals surface area contributed by atoms with Gasteiger partial charge in [0, 0.05) is 19.6 Å². The fourth-order valence-electron chi connectivity index (χ4n) is 3.11. The lowest BCUT2D eigenvalue weighted by Gasteiger charge is -2.34. The van der Waals surface area contributed by atoms with Gasteiger partial charge in [0.25, 0.3) is 5.56 Å². The average Bonchev–Trinajstić information content (AvgIpc) is 3.29. The third-order valence-corrected chi connectivity index (χ3v) is 5.27. The summed E-state index contributed by atoms with van der Waals surface area (Å²) in [5.74, 6) is 1.28. The highest BCUT2D eigenvalue weighted by Crippen LogP contribution is 2.31. The van der Waals surface area contributed by atoms with Gasteiger partial charge in [0.05, 0.1) is 11.9 Å². The predicted octanol–water partition coefficient (Wildman–Crippen LogP) is 1.98. The topological polar surface area (TPSA) is 64.2 Å². The van der Waals surface area contributed by atoms with Crippen LogP contribution in [0.5, 0.6) is 0 Å². The lowest BCUT2D eigenvalue weighted by atomic mass is 9.94. The molecule has 0 spiro atoms. The number of hydrogen-bond acceptors (Lipinski definition) is 4. The second kappa shape index (κ2) is 6.48. The molecule has 21 heavy (non-hydrogen) atoms. The van der Waals surface area contributed by atoms with Gasteiger partial charge in [-0.3, -0.25) is 4.79 Å². The Morgan fingerprint density at radius 2 is 2.14 bits per heavy atom. The second-order valence-electron chi connectivity index (χ2n) is 6.31. The van der Waals surface area contributed by atoms with Crippen LogP contribution in [0.2, 0.25) is 0 Å². The maximum absolute atomic E-state index is 12.4. The first-order valence-corrected chi connectivity index (χ1v) is 8.69. The predicted molar refractivity (Wildman–Crippen MR) is 87.5 cm³/mol. The van der Waals surface area contributed by atoms with E-state index in [1.807, 2.05) is 6.20 Å². The molecule has 0 radical (unpaired) electrons. The van der Waals surface area contributed by atoms with Crippen molar-refractivity contribution in [1.29, 1.82) is 0 Å². The maximum Gasteiger partial charge on any atom is 0.283 e. The van der Waals surface area contributed by atoms with Gasteiger partial charge in [-0.15, -0.1) is 0 Å². The molecule has 6 heteroatoms. The summed E-state index contributed by atoms with van der Waals surface area (Å²) >= 11 is 3.50. The second-order valence-corrected chi connectivity index (χ2v) is 7.10. The number of aromatic nitrogens is 2. The van der Waals surface area contributed by atoms with Crippen LogP contribution in [0.25, 0.3) is 0 Å². The van der Waals surface area contributed by atoms with E-state index in [4.69, 9.17) is 5.73 Å². The van der Waals surface area contributed by atoms with E-state index in [0.717, 1.165) is 44.7 Å². The van der Waals surface area contributed by atoms with Crippen LogP contribution in [0, 0.1) is 11.8 Å². The van der Waals surface area contributed by atoms with Crippen molar-refractivity contribution in [3.63, 3.8) is 0 Å². The molecule has 1 saturated heterocycles. The standard InChI is InChI=1S/C15H23BrN4O/c16-14-13(19-7-1-2-11(9-19)5-6-17)8-18-20(15(14)21)10-12-3-4-12/h8,11-12H,1-7,9-10,17H2. The van der Waals surface area contributed by atoms with E-state index >= 15 is 0 Å². The fraction of sp³-hybridized carbons (Fsp3) is 0.733. The zero-order chi connectivity index (χ0) is 14.8. The van der Waals surface area contributed by atoms with Crippen molar-refractivity contribution in [1.82, 2.24) is 9.78 Å². The van der Waals surface area contributed by atoms with Crippen LogP contribution in [0.15, 0.2) is 15.5 Å². The molecular weight excluding hydrogens is 332 g/mol. The Morgan fingerprint density at radius 1 is 1.33 bits per heavy atom. The Balaban J connectivity index is 1.78. The molecule has 1 aromatic heterocycles. The Bertz CT molecular complexity index is 553. The van der Waals surface area contributed by atoms with Gasteiger partial charge in [0.1, 0.15) is 4.47 Å². The van der Waals surface area contributed by atoms with Crippen LogP contribution in [0.4, 0.5) is 5.69 Å². The van der Waals surface area contributed by atoms with E-state index in [2.05, 4.69) is 25.9 Å². The average molecular weight is 355 g/mol. The third-order valence-electron chi connectivity index (χ3n) is 4.53. The van der Waals surface area contributed by atoms with E-state index in [9.17, 15) is 4.79 Å². The van der Waals surface area contributed by atoms with Crippen LogP contribution >= 0.6 is 15.9 Å². The van der Waals surface area contributed by atoms with Crippen molar-refractivity contribution in [2.24, 2.45) is 17.6 Å². The van der Waals surface area contributed by atoms with Gasteiger partial charge in [-0.2, -0.15) is 5.10 Å². The van der Waals surface area contributed by atoms with E-state index in [1.165, 1.54) is 19.3 Å². The molecule has 2 heterocycles. The van der Waals surface area contributed by atoms with Crippen molar-refractivity contribution in [3.05, 3.63) is 21.0 Å². The first-order chi connectivity index (χ1) is 10.2. The molecule has 1 aromatic rings. The van der Waals surface area contributed by atoms with Gasteiger partial charge in [-0.1, -0.05) is 0 Å². The Kier molecular flexibility index (Phi) is 4.64. The van der Waals surface area contributed by atoms with Crippen molar-refractivity contribution in [2.45, 2.75) is 38.6 Å². The molecule has 1 saturated carbocycles. The van der Waals surface area contributed by atoms with Crippen molar-refractivity contribution >= 4 is 21.6 Å². The van der Waals surface area contributed by atoms with Crippen LogP contribution in [0.1, 0.15) is 32.1 Å². The minimum absolute atomic E-state index is 0.000323. The van der Waals surface area contributed by atoms with Gasteiger partial charge in [0.2, 0.25) is 0 Å². The van der Waals surface area contributed by atoms with Crippen molar-refractivity contribution in [2.75, 3.05) is 24.5 Å². The quantitative estimate of drug-likeness (QED) is 0.877. The molecular formula is C15H23BrN4O. The first-order valence-electron chi connectivity index (χ1n) is 7.89. The molecule has 5 nitrogen and oxygen atoms in total. The molecule has 2 fully saturated rings. The van der Waals surface area contributed by atoms with Gasteiger partial charge < -0.3 is 10.6 Å². The first kappa shape index (κ1) is 15.0. The molecule has 3 rings (SSSR count). The fourth-order valence-corrected chi connectivity index (χ4v) is 3.66. The highest BCUT2D eigenvalue weighted by Gasteiger charge is 2.25. The zero-order valence-electron chi connectivity index (χ0n) is 12.3. The SMILES string of the molecule is NCCC1CCCN(c2cnn(CC3CC3)c(=O)c2Br)C1. The Labute approximate surface area is 133 Å². The number of halogens is 1. The summed E-state index contributed by atoms with van der Waals surface area (Å²) in [6.45, 7) is 3.46. The summed E-state index contributed by atoms with van der Waals surface area (Å²) in [6, 6.07) is 0. The molecule has 2 aliphatic rings. The zero-order valence-corrected chi connectivity index (χ0v) is 13.9. The molecule has 1 aliphatic heterocycles. The Hall–Kier alpha value is -0.880. The summed E-state index contributed by atoms with van der Waals surface area (Å²) in [5, 5.41) is 4.37. The maximum atomic E-state index is 12.4. The number of anilines is 1. The van der Waals surface area contributed by atoms with Crippen LogP contribution in [-0.2, 0) is 6.54 Å². The van der Waals surface area contributed by atoms with E-state index < -0.39 is 0 Å². The number of hydrogen-bond donors (Lipinski definition) is 1. The largest absolute Gasteiger partial charge is 0.369 e. The Morgan fingerprint density at radius 3 is 2.86 bits per heavy atom. The third kappa shape index (κ3) is 3.48. The summed E-state index contributed by atoms with van der Waals surface area (Å²) < 4.78 is 2.26. The van der Waals surface area contributed by atoms with Crippen molar-refractivity contribution in [3.8, 4) is 0 Å². The van der Waals surface area contributed by atoms with Crippen LogP contribution in [0.3, 0.4) is 0 Å². The summed E-state index contributed by atoms with van der Waals surface area (Å²) in [6.07, 6.45) is 7.74. The normalized spacial score (nSPS) is 22.6. The van der Waals surface area contributed by atoms with Gasteiger partial charge in [-0.05, 0) is 66.4 Å². The molecule has 0 bridgehead atoms. The highest BCUT2D eigenvalue weighted by molar-refractivity contribution is 9.10. The van der Waals surface area contributed by atoms with Gasteiger partial charge in [0.15, 0.2) is 0 Å². The van der Waals surface area contributed by atoms with E-state index in [0.29, 0.717) is 16.3 Å². The van der Waals surface area contributed by atoms with E-state index in [1.54, 1.807) is 4.68 Å². The molecule has 116 valence electrons. The molecule has 2 N–H and O–H groups in total. The molecule has 0 amide bonds. The van der Waals surface area contributed by atoms with E-state index in [-0.39, 0.29) is 5.56 Å². The minimum Gasteiger partial charge on any atom is -0.369 e. The monoisotopic (exact) mass is 354 g/mol. The van der Waals surface area contributed by atoms with Gasteiger partial charge in [-0.25, -0.2) is 4.68 Å². The lowest BCUT2D eigenvalue weighted by molar-refractivity contribution is 0.395. The number of nitrogens with two attached hydrogens (primary N) is 1. The lowest BCUT2D eigenvalue weighted by Crippen LogP contribution is -2.38. The number of piperidine rings is 1.